The van der Waals surface area contributed by atoms with Gasteiger partial charge in [-0.1, -0.05) is 22.0 Å². The second-order valence-electron chi connectivity index (χ2n) is 7.67. The number of halogens is 1. The topological polar surface area (TPSA) is 92.8 Å². The van der Waals surface area contributed by atoms with E-state index in [0.29, 0.717) is 39.6 Å². The lowest BCUT2D eigenvalue weighted by molar-refractivity contribution is -0.137. The molecule has 3 heterocycles. The summed E-state index contributed by atoms with van der Waals surface area (Å²) >= 11 is 3.55. The highest BCUT2D eigenvalue weighted by Gasteiger charge is 2.37. The third kappa shape index (κ3) is 3.94. The zero-order valence-electron chi connectivity index (χ0n) is 18.3. The Morgan fingerprint density at radius 3 is 2.06 bits per heavy atom. The van der Waals surface area contributed by atoms with E-state index in [1.165, 1.54) is 14.2 Å². The Kier molecular flexibility index (Phi) is 5.82. The van der Waals surface area contributed by atoms with Crippen LogP contribution in [0.4, 0.5) is 0 Å². The summed E-state index contributed by atoms with van der Waals surface area (Å²) in [7, 11) is 2.60. The maximum absolute atomic E-state index is 12.9. The Hall–Kier alpha value is -3.66. The molecule has 0 saturated heterocycles. The van der Waals surface area contributed by atoms with Gasteiger partial charge in [-0.2, -0.15) is 0 Å². The van der Waals surface area contributed by atoms with Crippen LogP contribution in [0.2, 0.25) is 0 Å². The van der Waals surface area contributed by atoms with Crippen molar-refractivity contribution in [3.8, 4) is 23.0 Å². The van der Waals surface area contributed by atoms with Crippen molar-refractivity contribution >= 4 is 27.9 Å². The van der Waals surface area contributed by atoms with Crippen molar-refractivity contribution in [1.82, 2.24) is 4.90 Å². The Balaban J connectivity index is 1.57. The summed E-state index contributed by atoms with van der Waals surface area (Å²) in [5, 5.41) is 0. The minimum Gasteiger partial charge on any atom is -0.466 e. The molecule has 0 radical (unpaired) electrons. The Bertz CT molecular complexity index is 1200. The molecule has 3 aliphatic rings. The highest BCUT2D eigenvalue weighted by molar-refractivity contribution is 9.10. The third-order valence-electron chi connectivity index (χ3n) is 5.68. The van der Waals surface area contributed by atoms with Gasteiger partial charge in [0.2, 0.25) is 13.6 Å². The van der Waals surface area contributed by atoms with E-state index in [9.17, 15) is 9.59 Å². The number of methoxy groups -OCH3 is 2. The smallest absolute Gasteiger partial charge is 0.336 e. The molecule has 0 unspecified atom stereocenters. The molecular formula is C24H20BrNO8. The molecule has 0 aromatic heterocycles. The molecule has 0 bridgehead atoms. The van der Waals surface area contributed by atoms with Crippen molar-refractivity contribution in [2.45, 2.75) is 12.5 Å². The highest BCUT2D eigenvalue weighted by Crippen LogP contribution is 2.45. The van der Waals surface area contributed by atoms with Gasteiger partial charge in [-0.05, 0) is 35.4 Å². The van der Waals surface area contributed by atoms with E-state index in [2.05, 4.69) is 15.9 Å². The fourth-order valence-electron chi connectivity index (χ4n) is 4.12. The van der Waals surface area contributed by atoms with Crippen LogP contribution >= 0.6 is 15.9 Å². The minimum absolute atomic E-state index is 0.0958. The second-order valence-corrected chi connectivity index (χ2v) is 8.53. The van der Waals surface area contributed by atoms with E-state index >= 15 is 0 Å². The molecule has 10 heteroatoms. The van der Waals surface area contributed by atoms with Crippen molar-refractivity contribution in [1.29, 1.82) is 0 Å². The third-order valence-corrected chi connectivity index (χ3v) is 6.37. The largest absolute Gasteiger partial charge is 0.466 e. The van der Waals surface area contributed by atoms with E-state index in [1.807, 2.05) is 18.2 Å². The SMILES string of the molecule is COC(=O)C1=CN(Cc2ccc3c(c2)OCO3)C=C(C(=O)OC)C1c1cc2c(cc1Br)OCO2. The molecule has 0 saturated carbocycles. The molecule has 0 atom stereocenters. The van der Waals surface area contributed by atoms with Crippen LogP contribution in [0.25, 0.3) is 0 Å². The van der Waals surface area contributed by atoms with Crippen molar-refractivity contribution in [2.24, 2.45) is 0 Å². The second kappa shape index (κ2) is 8.94. The van der Waals surface area contributed by atoms with E-state index in [-0.39, 0.29) is 24.7 Å². The van der Waals surface area contributed by atoms with Crippen LogP contribution in [0.1, 0.15) is 17.0 Å². The van der Waals surface area contributed by atoms with Gasteiger partial charge < -0.3 is 33.3 Å². The average molecular weight is 530 g/mol. The fourth-order valence-corrected chi connectivity index (χ4v) is 4.67. The summed E-state index contributed by atoms with van der Waals surface area (Å²) in [6, 6.07) is 9.08. The van der Waals surface area contributed by atoms with Crippen molar-refractivity contribution < 1.29 is 38.0 Å². The van der Waals surface area contributed by atoms with E-state index in [4.69, 9.17) is 28.4 Å². The molecule has 9 nitrogen and oxygen atoms in total. The highest BCUT2D eigenvalue weighted by atomic mass is 79.9. The standard InChI is InChI=1S/C24H20BrNO8/c1-29-23(27)15-9-26(8-13-3-4-18-19(5-13)32-11-31-18)10-16(24(28)30-2)22(15)14-6-20-21(7-17(14)25)34-12-33-20/h3-7,9-10,22H,8,11-12H2,1-2H3. The Morgan fingerprint density at radius 1 is 0.882 bits per heavy atom. The van der Waals surface area contributed by atoms with Crippen LogP contribution in [-0.2, 0) is 25.6 Å². The van der Waals surface area contributed by atoms with E-state index in [0.717, 1.165) is 5.56 Å². The molecule has 34 heavy (non-hydrogen) atoms. The molecule has 0 spiro atoms. The zero-order valence-corrected chi connectivity index (χ0v) is 19.9. The van der Waals surface area contributed by atoms with Crippen LogP contribution in [0.3, 0.4) is 0 Å². The summed E-state index contributed by atoms with van der Waals surface area (Å²) in [5.74, 6) is 0.520. The number of carbonyl (C=O) groups is 2. The molecule has 0 fully saturated rings. The predicted octanol–water partition coefficient (Wildman–Crippen LogP) is 3.62. The molecular weight excluding hydrogens is 510 g/mol. The van der Waals surface area contributed by atoms with Gasteiger partial charge in [0, 0.05) is 23.4 Å². The van der Waals surface area contributed by atoms with Crippen LogP contribution in [0, 0.1) is 0 Å². The van der Waals surface area contributed by atoms with Gasteiger partial charge in [-0.25, -0.2) is 9.59 Å². The number of hydrogen-bond donors (Lipinski definition) is 0. The number of nitrogens with zero attached hydrogens (tertiary/aromatic N) is 1. The first-order valence-electron chi connectivity index (χ1n) is 10.3. The molecule has 176 valence electrons. The van der Waals surface area contributed by atoms with Gasteiger partial charge in [0.05, 0.1) is 31.3 Å². The number of benzene rings is 2. The quantitative estimate of drug-likeness (QED) is 0.538. The molecule has 0 N–H and O–H groups in total. The molecule has 0 amide bonds. The van der Waals surface area contributed by atoms with Crippen LogP contribution in [-0.4, -0.2) is 44.6 Å². The van der Waals surface area contributed by atoms with E-state index in [1.54, 1.807) is 29.4 Å². The molecule has 2 aromatic carbocycles. The number of esters is 2. The zero-order chi connectivity index (χ0) is 23.8. The summed E-state index contributed by atoms with van der Waals surface area (Å²) < 4.78 is 32.6. The number of rotatable bonds is 5. The molecule has 3 aliphatic heterocycles. The van der Waals surface area contributed by atoms with Crippen molar-refractivity contribution in [3.63, 3.8) is 0 Å². The summed E-state index contributed by atoms with van der Waals surface area (Å²) in [6.45, 7) is 0.638. The first kappa shape index (κ1) is 22.1. The lowest BCUT2D eigenvalue weighted by Gasteiger charge is -2.30. The fraction of sp³-hybridized carbons (Fsp3) is 0.250. The summed E-state index contributed by atoms with van der Waals surface area (Å²) in [4.78, 5) is 27.5. The normalized spacial score (nSPS) is 16.1. The Labute approximate surface area is 203 Å². The van der Waals surface area contributed by atoms with Gasteiger partial charge in [0.25, 0.3) is 0 Å². The maximum atomic E-state index is 12.9. The van der Waals surface area contributed by atoms with Gasteiger partial charge in [0.1, 0.15) is 0 Å². The van der Waals surface area contributed by atoms with Gasteiger partial charge in [-0.3, -0.25) is 0 Å². The van der Waals surface area contributed by atoms with Crippen LogP contribution < -0.4 is 18.9 Å². The lowest BCUT2D eigenvalue weighted by Crippen LogP contribution is -2.28. The summed E-state index contributed by atoms with van der Waals surface area (Å²) in [6.07, 6.45) is 3.34. The first-order valence-corrected chi connectivity index (χ1v) is 11.1. The number of carbonyl (C=O) groups excluding carboxylic acids is 2. The maximum Gasteiger partial charge on any atom is 0.336 e. The number of hydrogen-bond acceptors (Lipinski definition) is 9. The van der Waals surface area contributed by atoms with Gasteiger partial charge >= 0.3 is 11.9 Å². The van der Waals surface area contributed by atoms with Gasteiger partial charge in [0.15, 0.2) is 23.0 Å². The first-order chi connectivity index (χ1) is 16.5. The lowest BCUT2D eigenvalue weighted by atomic mass is 9.83. The number of ether oxygens (including phenoxy) is 6. The minimum atomic E-state index is -0.753. The van der Waals surface area contributed by atoms with Crippen molar-refractivity contribution in [3.05, 3.63) is 69.5 Å². The van der Waals surface area contributed by atoms with Crippen LogP contribution in [0.15, 0.2) is 58.4 Å². The predicted molar refractivity (Wildman–Crippen MR) is 121 cm³/mol. The van der Waals surface area contributed by atoms with Crippen LogP contribution in [0.5, 0.6) is 23.0 Å². The molecule has 0 aliphatic carbocycles. The summed E-state index contributed by atoms with van der Waals surface area (Å²) in [5.41, 5.74) is 2.07. The Morgan fingerprint density at radius 2 is 1.44 bits per heavy atom. The average Bonchev–Trinajstić information content (AvgIpc) is 3.50. The monoisotopic (exact) mass is 529 g/mol. The number of fused-ring (bicyclic) bond motifs is 2. The van der Waals surface area contributed by atoms with E-state index < -0.39 is 17.9 Å². The molecule has 5 rings (SSSR count). The van der Waals surface area contributed by atoms with Gasteiger partial charge in [-0.15, -0.1) is 0 Å². The molecule has 2 aromatic rings. The van der Waals surface area contributed by atoms with Crippen molar-refractivity contribution in [2.75, 3.05) is 27.8 Å².